The highest BCUT2D eigenvalue weighted by atomic mass is 32.1. The second kappa shape index (κ2) is 8.96. The summed E-state index contributed by atoms with van der Waals surface area (Å²) in [6.45, 7) is 0. The van der Waals surface area contributed by atoms with Gasteiger partial charge < -0.3 is 13.7 Å². The SMILES string of the molecule is c1ccc(N(c2ccc3oc4ccccc4c3c2)c2cccc3sc4ccc5c6ccc7ccccc7c6oc5c4c23)cc1. The number of nitrogens with zero attached hydrogens (tertiary/aromatic N) is 1. The lowest BCUT2D eigenvalue weighted by Gasteiger charge is -2.26. The van der Waals surface area contributed by atoms with Crippen LogP contribution in [0.4, 0.5) is 17.1 Å². The first-order valence-corrected chi connectivity index (χ1v) is 15.6. The third kappa shape index (κ3) is 3.31. The van der Waals surface area contributed by atoms with Gasteiger partial charge in [0.05, 0.1) is 5.69 Å². The molecule has 0 spiro atoms. The number of hydrogen-bond donors (Lipinski definition) is 0. The molecule has 0 amide bonds. The van der Waals surface area contributed by atoms with Crippen LogP contribution >= 0.6 is 11.3 Å². The molecule has 206 valence electrons. The van der Waals surface area contributed by atoms with E-state index in [1.807, 2.05) is 23.5 Å². The molecule has 4 heteroatoms. The van der Waals surface area contributed by atoms with Gasteiger partial charge in [0.15, 0.2) is 0 Å². The molecule has 0 unspecified atom stereocenters. The van der Waals surface area contributed by atoms with Crippen molar-refractivity contribution < 1.29 is 8.83 Å². The van der Waals surface area contributed by atoms with E-state index in [-0.39, 0.29) is 0 Å². The molecule has 0 saturated carbocycles. The van der Waals surface area contributed by atoms with Crippen LogP contribution in [0.5, 0.6) is 0 Å². The molecule has 10 aromatic rings. The zero-order valence-electron chi connectivity index (χ0n) is 23.5. The average Bonchev–Trinajstić information content (AvgIpc) is 3.76. The highest BCUT2D eigenvalue weighted by Gasteiger charge is 2.22. The minimum atomic E-state index is 0.887. The molecule has 0 atom stereocenters. The lowest BCUT2D eigenvalue weighted by Crippen LogP contribution is -2.10. The predicted octanol–water partition coefficient (Wildman–Crippen LogP) is 12.5. The molecule has 0 N–H and O–H groups in total. The monoisotopic (exact) mass is 581 g/mol. The fraction of sp³-hybridized carbons (Fsp3) is 0. The molecule has 0 radical (unpaired) electrons. The molecular formula is C40H23NO2S. The van der Waals surface area contributed by atoms with Crippen molar-refractivity contribution in [2.75, 3.05) is 4.90 Å². The first kappa shape index (κ1) is 23.9. The van der Waals surface area contributed by atoms with Gasteiger partial charge in [0.2, 0.25) is 0 Å². The van der Waals surface area contributed by atoms with Crippen molar-refractivity contribution in [3.8, 4) is 0 Å². The van der Waals surface area contributed by atoms with Gasteiger partial charge in [-0.2, -0.15) is 0 Å². The molecule has 0 bridgehead atoms. The van der Waals surface area contributed by atoms with Crippen LogP contribution in [0.3, 0.4) is 0 Å². The Kier molecular flexibility index (Phi) is 4.87. The maximum absolute atomic E-state index is 6.86. The van der Waals surface area contributed by atoms with E-state index in [0.29, 0.717) is 0 Å². The maximum atomic E-state index is 6.86. The minimum Gasteiger partial charge on any atom is -0.456 e. The van der Waals surface area contributed by atoms with E-state index in [0.717, 1.165) is 71.7 Å². The molecule has 0 saturated heterocycles. The van der Waals surface area contributed by atoms with Gasteiger partial charge >= 0.3 is 0 Å². The van der Waals surface area contributed by atoms with Crippen LogP contribution in [0.25, 0.3) is 74.8 Å². The number of hydrogen-bond acceptors (Lipinski definition) is 4. The summed E-state index contributed by atoms with van der Waals surface area (Å²) in [5.41, 5.74) is 6.95. The Morgan fingerprint density at radius 1 is 0.432 bits per heavy atom. The predicted molar refractivity (Wildman–Crippen MR) is 186 cm³/mol. The Balaban J connectivity index is 1.31. The molecule has 3 aromatic heterocycles. The van der Waals surface area contributed by atoms with Crippen LogP contribution in [-0.2, 0) is 0 Å². The van der Waals surface area contributed by atoms with E-state index in [2.05, 4.69) is 132 Å². The smallest absolute Gasteiger partial charge is 0.144 e. The standard InChI is InChI=1S/C40H23NO2S/c1-2-10-25(11-3-1)41(26-18-21-34-31(23-26)28-13-6-7-15-33(28)42-34)32-14-8-16-35-37(32)38-36(44-35)22-20-30-29-19-17-24-9-4-5-12-27(24)39(29)43-40(30)38/h1-23H. The summed E-state index contributed by atoms with van der Waals surface area (Å²) in [6, 6.07) is 49.3. The van der Waals surface area contributed by atoms with Gasteiger partial charge in [-0.25, -0.2) is 0 Å². The second-order valence-corrected chi connectivity index (χ2v) is 12.4. The zero-order chi connectivity index (χ0) is 28.8. The highest BCUT2D eigenvalue weighted by Crippen LogP contribution is 2.49. The normalized spacial score (nSPS) is 12.1. The van der Waals surface area contributed by atoms with E-state index < -0.39 is 0 Å². The van der Waals surface area contributed by atoms with Gasteiger partial charge in [-0.1, -0.05) is 72.8 Å². The molecule has 3 heterocycles. The van der Waals surface area contributed by atoms with Crippen molar-refractivity contribution >= 4 is 103 Å². The van der Waals surface area contributed by atoms with Crippen molar-refractivity contribution in [2.24, 2.45) is 0 Å². The summed E-state index contributed by atoms with van der Waals surface area (Å²) in [4.78, 5) is 2.37. The van der Waals surface area contributed by atoms with Gasteiger partial charge in [0, 0.05) is 58.5 Å². The molecule has 0 aliphatic carbocycles. The summed E-state index contributed by atoms with van der Waals surface area (Å²) < 4.78 is 15.5. The van der Waals surface area contributed by atoms with Gasteiger partial charge in [0.25, 0.3) is 0 Å². The van der Waals surface area contributed by atoms with Gasteiger partial charge in [0.1, 0.15) is 22.3 Å². The van der Waals surface area contributed by atoms with E-state index in [9.17, 15) is 0 Å². The van der Waals surface area contributed by atoms with Crippen molar-refractivity contribution in [3.05, 3.63) is 140 Å². The number of para-hydroxylation sites is 2. The van der Waals surface area contributed by atoms with E-state index in [1.165, 1.54) is 20.2 Å². The number of thiophene rings is 1. The largest absolute Gasteiger partial charge is 0.456 e. The topological polar surface area (TPSA) is 29.5 Å². The minimum absolute atomic E-state index is 0.887. The molecule has 0 fully saturated rings. The average molecular weight is 582 g/mol. The zero-order valence-corrected chi connectivity index (χ0v) is 24.3. The van der Waals surface area contributed by atoms with Crippen LogP contribution in [0, 0.1) is 0 Å². The molecule has 10 rings (SSSR count). The lowest BCUT2D eigenvalue weighted by molar-refractivity contribution is 0.669. The Hall–Kier alpha value is -5.58. The molecule has 7 aromatic carbocycles. The summed E-state index contributed by atoms with van der Waals surface area (Å²) in [6.07, 6.45) is 0. The Bertz CT molecular complexity index is 2730. The summed E-state index contributed by atoms with van der Waals surface area (Å²) in [5.74, 6) is 0. The van der Waals surface area contributed by atoms with Crippen molar-refractivity contribution in [2.45, 2.75) is 0 Å². The second-order valence-electron chi connectivity index (χ2n) is 11.3. The van der Waals surface area contributed by atoms with Gasteiger partial charge in [-0.05, 0) is 72.1 Å². The number of fused-ring (bicyclic) bond motifs is 12. The van der Waals surface area contributed by atoms with Crippen LogP contribution in [0.2, 0.25) is 0 Å². The van der Waals surface area contributed by atoms with Crippen LogP contribution in [-0.4, -0.2) is 0 Å². The van der Waals surface area contributed by atoms with Crippen LogP contribution in [0.1, 0.15) is 0 Å². The van der Waals surface area contributed by atoms with Crippen molar-refractivity contribution in [1.29, 1.82) is 0 Å². The van der Waals surface area contributed by atoms with Crippen LogP contribution in [0.15, 0.2) is 148 Å². The fourth-order valence-electron chi connectivity index (χ4n) is 6.89. The summed E-state index contributed by atoms with van der Waals surface area (Å²) in [5, 5.41) is 9.20. The van der Waals surface area contributed by atoms with Crippen molar-refractivity contribution in [1.82, 2.24) is 0 Å². The van der Waals surface area contributed by atoms with E-state index >= 15 is 0 Å². The van der Waals surface area contributed by atoms with E-state index in [4.69, 9.17) is 8.83 Å². The van der Waals surface area contributed by atoms with E-state index in [1.54, 1.807) is 0 Å². The quantitative estimate of drug-likeness (QED) is 0.208. The summed E-state index contributed by atoms with van der Waals surface area (Å²) >= 11 is 1.82. The Labute approximate surface area is 255 Å². The number of anilines is 3. The fourth-order valence-corrected chi connectivity index (χ4v) is 8.01. The molecule has 3 nitrogen and oxygen atoms in total. The number of furan rings is 2. The summed E-state index contributed by atoms with van der Waals surface area (Å²) in [7, 11) is 0. The van der Waals surface area contributed by atoms with Gasteiger partial charge in [-0.3, -0.25) is 0 Å². The third-order valence-electron chi connectivity index (χ3n) is 8.84. The molecule has 0 aliphatic rings. The third-order valence-corrected chi connectivity index (χ3v) is 9.96. The van der Waals surface area contributed by atoms with Crippen molar-refractivity contribution in [3.63, 3.8) is 0 Å². The van der Waals surface area contributed by atoms with Crippen LogP contribution < -0.4 is 4.90 Å². The molecule has 0 aliphatic heterocycles. The lowest BCUT2D eigenvalue weighted by atomic mass is 10.0. The number of rotatable bonds is 3. The Morgan fingerprint density at radius 2 is 1.18 bits per heavy atom. The van der Waals surface area contributed by atoms with Gasteiger partial charge in [-0.15, -0.1) is 11.3 Å². The number of benzene rings is 7. The first-order chi connectivity index (χ1) is 21.8. The molecular weight excluding hydrogens is 559 g/mol. The Morgan fingerprint density at radius 3 is 2.11 bits per heavy atom. The first-order valence-electron chi connectivity index (χ1n) is 14.8. The highest BCUT2D eigenvalue weighted by molar-refractivity contribution is 7.26. The maximum Gasteiger partial charge on any atom is 0.144 e. The molecule has 44 heavy (non-hydrogen) atoms.